The largest absolute Gasteiger partial charge is 0.265 e. The van der Waals surface area contributed by atoms with Crippen molar-refractivity contribution in [1.82, 2.24) is 0 Å². The predicted molar refractivity (Wildman–Crippen MR) is 43.8 cm³/mol. The first-order chi connectivity index (χ1) is 5.54. The van der Waals surface area contributed by atoms with E-state index in [1.807, 2.05) is 0 Å². The van der Waals surface area contributed by atoms with Crippen molar-refractivity contribution in [2.45, 2.75) is 13.3 Å². The molecule has 0 saturated heterocycles. The van der Waals surface area contributed by atoms with Crippen LogP contribution >= 0.6 is 15.9 Å². The molecule has 1 rings (SSSR count). The van der Waals surface area contributed by atoms with E-state index in [1.165, 1.54) is 13.0 Å². The smallest absolute Gasteiger partial charge is 0.207 e. The molecule has 0 aliphatic rings. The minimum atomic E-state index is -2.64. The van der Waals surface area contributed by atoms with Crippen molar-refractivity contribution in [1.29, 1.82) is 0 Å². The molecule has 1 aromatic rings. The summed E-state index contributed by atoms with van der Waals surface area (Å²) in [5.41, 5.74) is -0.269. The van der Waals surface area contributed by atoms with Crippen LogP contribution in [0.25, 0.3) is 0 Å². The Kier molecular flexibility index (Phi) is 2.77. The van der Waals surface area contributed by atoms with Gasteiger partial charge in [0.15, 0.2) is 0 Å². The molecule has 0 atom stereocenters. The van der Waals surface area contributed by atoms with Crippen molar-refractivity contribution in [2.24, 2.45) is 0 Å². The van der Waals surface area contributed by atoms with Crippen LogP contribution in [0.2, 0.25) is 0 Å². The highest BCUT2D eigenvalue weighted by atomic mass is 79.9. The third kappa shape index (κ3) is 1.63. The molecule has 0 spiro atoms. The standard InChI is InChI=1S/C8H6BrF3/c1-4-6(10)3-2-5(9)7(4)8(11)12/h2-3,8H,1H3. The summed E-state index contributed by atoms with van der Waals surface area (Å²) in [4.78, 5) is 0. The van der Waals surface area contributed by atoms with Gasteiger partial charge in [0.1, 0.15) is 5.82 Å². The van der Waals surface area contributed by atoms with Crippen LogP contribution in [0.5, 0.6) is 0 Å². The molecule has 0 N–H and O–H groups in total. The molecular weight excluding hydrogens is 233 g/mol. The number of alkyl halides is 2. The first-order valence-electron chi connectivity index (χ1n) is 3.26. The van der Waals surface area contributed by atoms with Crippen LogP contribution in [0.3, 0.4) is 0 Å². The monoisotopic (exact) mass is 238 g/mol. The Hall–Kier alpha value is -0.510. The molecule has 1 aromatic carbocycles. The number of rotatable bonds is 1. The van der Waals surface area contributed by atoms with Crippen LogP contribution < -0.4 is 0 Å². The molecule has 0 aliphatic carbocycles. The Morgan fingerprint density at radius 1 is 1.33 bits per heavy atom. The Balaban J connectivity index is 3.33. The Morgan fingerprint density at radius 3 is 2.33 bits per heavy atom. The van der Waals surface area contributed by atoms with Gasteiger partial charge >= 0.3 is 0 Å². The Labute approximate surface area is 76.5 Å². The van der Waals surface area contributed by atoms with Gasteiger partial charge in [0.05, 0.1) is 0 Å². The van der Waals surface area contributed by atoms with Gasteiger partial charge in [-0.3, -0.25) is 0 Å². The molecule has 0 saturated carbocycles. The number of benzene rings is 1. The number of hydrogen-bond acceptors (Lipinski definition) is 0. The summed E-state index contributed by atoms with van der Waals surface area (Å²) < 4.78 is 37.6. The fraction of sp³-hybridized carbons (Fsp3) is 0.250. The highest BCUT2D eigenvalue weighted by molar-refractivity contribution is 9.10. The van der Waals surface area contributed by atoms with Gasteiger partial charge in [0.25, 0.3) is 6.43 Å². The topological polar surface area (TPSA) is 0 Å². The van der Waals surface area contributed by atoms with Crippen molar-refractivity contribution < 1.29 is 13.2 Å². The normalized spacial score (nSPS) is 10.8. The molecule has 12 heavy (non-hydrogen) atoms. The molecule has 0 fully saturated rings. The van der Waals surface area contributed by atoms with Gasteiger partial charge in [0.2, 0.25) is 0 Å². The minimum Gasteiger partial charge on any atom is -0.207 e. The second-order valence-electron chi connectivity index (χ2n) is 2.37. The van der Waals surface area contributed by atoms with Crippen LogP contribution in [0.4, 0.5) is 13.2 Å². The number of halogens is 4. The zero-order valence-corrected chi connectivity index (χ0v) is 7.83. The number of hydrogen-bond donors (Lipinski definition) is 0. The second-order valence-corrected chi connectivity index (χ2v) is 3.22. The zero-order valence-electron chi connectivity index (χ0n) is 6.24. The third-order valence-electron chi connectivity index (χ3n) is 1.61. The summed E-state index contributed by atoms with van der Waals surface area (Å²) in [5.74, 6) is -0.603. The van der Waals surface area contributed by atoms with Gasteiger partial charge in [-0.15, -0.1) is 0 Å². The second kappa shape index (κ2) is 3.47. The summed E-state index contributed by atoms with van der Waals surface area (Å²) in [5, 5.41) is 0. The van der Waals surface area contributed by atoms with E-state index in [2.05, 4.69) is 15.9 Å². The van der Waals surface area contributed by atoms with E-state index in [0.29, 0.717) is 0 Å². The summed E-state index contributed by atoms with van der Waals surface area (Å²) in [6, 6.07) is 2.44. The van der Waals surface area contributed by atoms with E-state index in [9.17, 15) is 13.2 Å². The van der Waals surface area contributed by atoms with Crippen molar-refractivity contribution in [3.05, 3.63) is 33.5 Å². The quantitative estimate of drug-likeness (QED) is 0.698. The molecule has 0 unspecified atom stereocenters. The van der Waals surface area contributed by atoms with Gasteiger partial charge in [-0.2, -0.15) is 0 Å². The van der Waals surface area contributed by atoms with Crippen LogP contribution in [0.1, 0.15) is 17.6 Å². The molecule has 0 nitrogen and oxygen atoms in total. The van der Waals surface area contributed by atoms with E-state index in [0.717, 1.165) is 6.07 Å². The van der Waals surface area contributed by atoms with Crippen LogP contribution in [-0.2, 0) is 0 Å². The molecule has 0 amide bonds. The van der Waals surface area contributed by atoms with Crippen molar-refractivity contribution in [3.63, 3.8) is 0 Å². The molecule has 0 heterocycles. The highest BCUT2D eigenvalue weighted by Gasteiger charge is 2.16. The lowest BCUT2D eigenvalue weighted by atomic mass is 10.1. The molecule has 0 radical (unpaired) electrons. The van der Waals surface area contributed by atoms with Crippen molar-refractivity contribution in [2.75, 3.05) is 0 Å². The fourth-order valence-corrected chi connectivity index (χ4v) is 1.54. The fourth-order valence-electron chi connectivity index (χ4n) is 0.937. The molecule has 66 valence electrons. The average Bonchev–Trinajstić information content (AvgIpc) is 1.97. The lowest BCUT2D eigenvalue weighted by Gasteiger charge is -2.07. The Bertz CT molecular complexity index is 297. The maximum absolute atomic E-state index is 12.8. The maximum Gasteiger partial charge on any atom is 0.265 e. The van der Waals surface area contributed by atoms with Crippen LogP contribution in [0, 0.1) is 12.7 Å². The molecule has 0 aliphatic heterocycles. The van der Waals surface area contributed by atoms with E-state index < -0.39 is 12.2 Å². The van der Waals surface area contributed by atoms with Gasteiger partial charge < -0.3 is 0 Å². The molecule has 0 aromatic heterocycles. The SMILES string of the molecule is Cc1c(F)ccc(Br)c1C(F)F. The zero-order chi connectivity index (χ0) is 9.30. The lowest BCUT2D eigenvalue weighted by Crippen LogP contribution is -1.94. The Morgan fingerprint density at radius 2 is 1.92 bits per heavy atom. The van der Waals surface area contributed by atoms with Gasteiger partial charge in [-0.05, 0) is 24.6 Å². The van der Waals surface area contributed by atoms with Crippen LogP contribution in [-0.4, -0.2) is 0 Å². The third-order valence-corrected chi connectivity index (χ3v) is 2.31. The van der Waals surface area contributed by atoms with Crippen molar-refractivity contribution in [3.8, 4) is 0 Å². The lowest BCUT2D eigenvalue weighted by molar-refractivity contribution is 0.149. The van der Waals surface area contributed by atoms with Gasteiger partial charge in [-0.25, -0.2) is 13.2 Å². The van der Waals surface area contributed by atoms with E-state index >= 15 is 0 Å². The summed E-state index contributed by atoms with van der Waals surface area (Å²) in [7, 11) is 0. The average molecular weight is 239 g/mol. The maximum atomic E-state index is 12.8. The molecule has 4 heteroatoms. The molecular formula is C8H6BrF3. The minimum absolute atomic E-state index is 0.000579. The first-order valence-corrected chi connectivity index (χ1v) is 4.06. The summed E-state index contributed by atoms with van der Waals surface area (Å²) >= 11 is 2.94. The molecule has 0 bridgehead atoms. The highest BCUT2D eigenvalue weighted by Crippen LogP contribution is 2.31. The van der Waals surface area contributed by atoms with Gasteiger partial charge in [-0.1, -0.05) is 15.9 Å². The van der Waals surface area contributed by atoms with E-state index in [1.54, 1.807) is 0 Å². The predicted octanol–water partition coefficient (Wildman–Crippen LogP) is 3.83. The summed E-state index contributed by atoms with van der Waals surface area (Å²) in [6.45, 7) is 1.33. The summed E-state index contributed by atoms with van der Waals surface area (Å²) in [6.07, 6.45) is -2.64. The van der Waals surface area contributed by atoms with Crippen LogP contribution in [0.15, 0.2) is 16.6 Å². The first kappa shape index (κ1) is 9.58. The van der Waals surface area contributed by atoms with E-state index in [4.69, 9.17) is 0 Å². The van der Waals surface area contributed by atoms with Crippen molar-refractivity contribution >= 4 is 15.9 Å². The van der Waals surface area contributed by atoms with E-state index in [-0.39, 0.29) is 15.6 Å². The van der Waals surface area contributed by atoms with Gasteiger partial charge in [0, 0.05) is 10.0 Å².